The Morgan fingerprint density at radius 1 is 0.955 bits per heavy atom. The third kappa shape index (κ3) is 15.6. The van der Waals surface area contributed by atoms with Crippen LogP contribution >= 0.6 is 0 Å². The van der Waals surface area contributed by atoms with Crippen molar-refractivity contribution in [1.82, 2.24) is 0 Å². The number of carbonyl (C=O) groups excluding carboxylic acids is 1. The molecule has 0 aliphatic carbocycles. The van der Waals surface area contributed by atoms with Crippen LogP contribution in [0.2, 0.25) is 0 Å². The molecule has 0 fully saturated rings. The van der Waals surface area contributed by atoms with E-state index in [-0.39, 0.29) is 5.97 Å². The van der Waals surface area contributed by atoms with E-state index in [9.17, 15) is 4.79 Å². The van der Waals surface area contributed by atoms with Gasteiger partial charge in [0.15, 0.2) is 0 Å². The number of hydrogen-bond acceptors (Lipinski definition) is 2. The van der Waals surface area contributed by atoms with Crippen molar-refractivity contribution in [3.05, 3.63) is 12.2 Å². The summed E-state index contributed by atoms with van der Waals surface area (Å²) in [5.41, 5.74) is 0. The molecular weight excluding hydrogens is 272 g/mol. The zero-order chi connectivity index (χ0) is 16.5. The minimum absolute atomic E-state index is 0.0581. The van der Waals surface area contributed by atoms with Gasteiger partial charge in [-0.05, 0) is 38.5 Å². The van der Waals surface area contributed by atoms with E-state index < -0.39 is 0 Å². The van der Waals surface area contributed by atoms with Gasteiger partial charge in [0.05, 0.1) is 6.61 Å². The number of rotatable bonds is 15. The Hall–Kier alpha value is -0.790. The van der Waals surface area contributed by atoms with Crippen LogP contribution in [0.15, 0.2) is 12.2 Å². The molecule has 1 unspecified atom stereocenters. The summed E-state index contributed by atoms with van der Waals surface area (Å²) in [6.07, 6.45) is 19.5. The molecule has 2 heteroatoms. The fourth-order valence-electron chi connectivity index (χ4n) is 2.56. The van der Waals surface area contributed by atoms with Crippen LogP contribution in [-0.4, -0.2) is 12.6 Å². The van der Waals surface area contributed by atoms with Crippen LogP contribution in [-0.2, 0) is 9.53 Å². The van der Waals surface area contributed by atoms with Gasteiger partial charge in [-0.1, -0.05) is 70.9 Å². The lowest BCUT2D eigenvalue weighted by atomic mass is 10.0. The van der Waals surface area contributed by atoms with Gasteiger partial charge < -0.3 is 4.74 Å². The number of esters is 1. The summed E-state index contributed by atoms with van der Waals surface area (Å²) in [4.78, 5) is 11.3. The van der Waals surface area contributed by atoms with E-state index in [0.717, 1.165) is 12.8 Å². The maximum Gasteiger partial charge on any atom is 0.305 e. The first-order valence-electron chi connectivity index (χ1n) is 9.51. The molecule has 0 saturated carbocycles. The van der Waals surface area contributed by atoms with Gasteiger partial charge in [0.25, 0.3) is 0 Å². The average molecular weight is 311 g/mol. The molecule has 0 aliphatic rings. The maximum atomic E-state index is 11.3. The van der Waals surface area contributed by atoms with Crippen molar-refractivity contribution in [1.29, 1.82) is 0 Å². The molecule has 0 heterocycles. The number of unbranched alkanes of at least 4 members (excludes halogenated alkanes) is 8. The van der Waals surface area contributed by atoms with Crippen LogP contribution < -0.4 is 0 Å². The monoisotopic (exact) mass is 310 g/mol. The normalized spacial score (nSPS) is 12.7. The summed E-state index contributed by atoms with van der Waals surface area (Å²) in [5, 5.41) is 0. The highest BCUT2D eigenvalue weighted by atomic mass is 16.5. The maximum absolute atomic E-state index is 11.3. The number of hydrogen-bond donors (Lipinski definition) is 0. The SMILES string of the molecule is CCCCCCCCCCC=CCC(C)CCC(=O)OCC. The molecule has 130 valence electrons. The third-order valence-electron chi connectivity index (χ3n) is 4.08. The van der Waals surface area contributed by atoms with E-state index in [1.54, 1.807) is 0 Å². The summed E-state index contributed by atoms with van der Waals surface area (Å²) < 4.78 is 4.95. The fraction of sp³-hybridized carbons (Fsp3) is 0.850. The molecule has 0 bridgehead atoms. The minimum atomic E-state index is -0.0581. The van der Waals surface area contributed by atoms with E-state index in [0.29, 0.717) is 18.9 Å². The summed E-state index contributed by atoms with van der Waals surface area (Å²) in [5.74, 6) is 0.511. The van der Waals surface area contributed by atoms with Gasteiger partial charge in [-0.2, -0.15) is 0 Å². The van der Waals surface area contributed by atoms with E-state index >= 15 is 0 Å². The lowest BCUT2D eigenvalue weighted by molar-refractivity contribution is -0.143. The summed E-state index contributed by atoms with van der Waals surface area (Å²) in [6.45, 7) is 6.82. The second-order valence-corrected chi connectivity index (χ2v) is 6.42. The summed E-state index contributed by atoms with van der Waals surface area (Å²) in [7, 11) is 0. The first kappa shape index (κ1) is 21.2. The first-order chi connectivity index (χ1) is 10.7. The molecule has 0 rings (SSSR count). The topological polar surface area (TPSA) is 26.3 Å². The predicted octanol–water partition coefficient (Wildman–Crippen LogP) is 6.44. The van der Waals surface area contributed by atoms with Gasteiger partial charge >= 0.3 is 5.97 Å². The lowest BCUT2D eigenvalue weighted by Crippen LogP contribution is -2.06. The molecule has 2 nitrogen and oxygen atoms in total. The Morgan fingerprint density at radius 2 is 1.59 bits per heavy atom. The van der Waals surface area contributed by atoms with Gasteiger partial charge in [0.1, 0.15) is 0 Å². The molecular formula is C20H38O2. The Labute approximate surface area is 138 Å². The zero-order valence-corrected chi connectivity index (χ0v) is 15.2. The molecule has 0 N–H and O–H groups in total. The van der Waals surface area contributed by atoms with E-state index in [4.69, 9.17) is 4.74 Å². The van der Waals surface area contributed by atoms with Crippen LogP contribution in [0.25, 0.3) is 0 Å². The quantitative estimate of drug-likeness (QED) is 0.197. The highest BCUT2D eigenvalue weighted by molar-refractivity contribution is 5.69. The number of ether oxygens (including phenoxy) is 1. The molecule has 0 aromatic carbocycles. The minimum Gasteiger partial charge on any atom is -0.466 e. The molecule has 0 saturated heterocycles. The van der Waals surface area contributed by atoms with Crippen LogP contribution in [0.3, 0.4) is 0 Å². The Bertz CT molecular complexity index is 271. The Balaban J connectivity index is 3.33. The third-order valence-corrected chi connectivity index (χ3v) is 4.08. The van der Waals surface area contributed by atoms with Gasteiger partial charge in [-0.15, -0.1) is 0 Å². The van der Waals surface area contributed by atoms with Crippen molar-refractivity contribution >= 4 is 5.97 Å². The van der Waals surface area contributed by atoms with Crippen molar-refractivity contribution in [3.63, 3.8) is 0 Å². The summed E-state index contributed by atoms with van der Waals surface area (Å²) in [6, 6.07) is 0. The van der Waals surface area contributed by atoms with Gasteiger partial charge in [0.2, 0.25) is 0 Å². The smallest absolute Gasteiger partial charge is 0.305 e. The molecule has 0 radical (unpaired) electrons. The van der Waals surface area contributed by atoms with E-state index in [1.807, 2.05) is 6.92 Å². The molecule has 22 heavy (non-hydrogen) atoms. The molecule has 0 aliphatic heterocycles. The van der Waals surface area contributed by atoms with Crippen molar-refractivity contribution < 1.29 is 9.53 Å². The first-order valence-corrected chi connectivity index (χ1v) is 9.51. The second-order valence-electron chi connectivity index (χ2n) is 6.42. The molecule has 0 aromatic heterocycles. The lowest BCUT2D eigenvalue weighted by Gasteiger charge is -2.07. The van der Waals surface area contributed by atoms with Crippen LogP contribution in [0.5, 0.6) is 0 Å². The van der Waals surface area contributed by atoms with Gasteiger partial charge in [-0.25, -0.2) is 0 Å². The van der Waals surface area contributed by atoms with E-state index in [1.165, 1.54) is 57.8 Å². The molecule has 0 amide bonds. The Morgan fingerprint density at radius 3 is 2.23 bits per heavy atom. The van der Waals surface area contributed by atoms with Crippen LogP contribution in [0.4, 0.5) is 0 Å². The highest BCUT2D eigenvalue weighted by Gasteiger charge is 2.05. The number of carbonyl (C=O) groups is 1. The van der Waals surface area contributed by atoms with Gasteiger partial charge in [0, 0.05) is 6.42 Å². The Kier molecular flexibility index (Phi) is 16.0. The van der Waals surface area contributed by atoms with Crippen LogP contribution in [0.1, 0.15) is 97.8 Å². The van der Waals surface area contributed by atoms with Crippen molar-refractivity contribution in [2.75, 3.05) is 6.61 Å². The zero-order valence-electron chi connectivity index (χ0n) is 15.2. The molecule has 0 spiro atoms. The van der Waals surface area contributed by atoms with Crippen molar-refractivity contribution in [2.45, 2.75) is 97.8 Å². The second kappa shape index (κ2) is 16.6. The molecule has 1 atom stereocenters. The van der Waals surface area contributed by atoms with Crippen molar-refractivity contribution in [2.24, 2.45) is 5.92 Å². The standard InChI is InChI=1S/C20H38O2/c1-4-6-7-8-9-10-11-12-13-14-15-16-19(3)17-18-20(21)22-5-2/h14-15,19H,4-13,16-18H2,1-3H3. The number of allylic oxidation sites excluding steroid dienone is 2. The van der Waals surface area contributed by atoms with Gasteiger partial charge in [-0.3, -0.25) is 4.79 Å². The largest absolute Gasteiger partial charge is 0.466 e. The predicted molar refractivity (Wildman–Crippen MR) is 96.0 cm³/mol. The van der Waals surface area contributed by atoms with Crippen molar-refractivity contribution in [3.8, 4) is 0 Å². The fourth-order valence-corrected chi connectivity index (χ4v) is 2.56. The summed E-state index contributed by atoms with van der Waals surface area (Å²) >= 11 is 0. The highest BCUT2D eigenvalue weighted by Crippen LogP contribution is 2.13. The average Bonchev–Trinajstić information content (AvgIpc) is 2.51. The van der Waals surface area contributed by atoms with Crippen LogP contribution in [0, 0.1) is 5.92 Å². The van der Waals surface area contributed by atoms with E-state index in [2.05, 4.69) is 26.0 Å². The molecule has 0 aromatic rings.